The molecule has 2 rings (SSSR count). The van der Waals surface area contributed by atoms with Crippen molar-refractivity contribution in [2.45, 2.75) is 32.6 Å². The summed E-state index contributed by atoms with van der Waals surface area (Å²) >= 11 is 0. The Morgan fingerprint density at radius 3 is 2.44 bits per heavy atom. The third-order valence-corrected chi connectivity index (χ3v) is 4.19. The molecule has 1 aliphatic carbocycles. The molecule has 0 aromatic heterocycles. The van der Waals surface area contributed by atoms with Gasteiger partial charge in [0.25, 0.3) is 0 Å². The first kappa shape index (κ1) is 13.4. The van der Waals surface area contributed by atoms with Gasteiger partial charge in [-0.15, -0.1) is 0 Å². The van der Waals surface area contributed by atoms with E-state index in [-0.39, 0.29) is 0 Å². The van der Waals surface area contributed by atoms with E-state index in [9.17, 15) is 0 Å². The number of benzene rings is 1. The summed E-state index contributed by atoms with van der Waals surface area (Å²) in [7, 11) is 1.72. The molecule has 100 valence electrons. The fraction of sp³-hybridized carbons (Fsp3) is 0.625. The highest BCUT2D eigenvalue weighted by Gasteiger charge is 2.29. The lowest BCUT2D eigenvalue weighted by Crippen LogP contribution is -2.35. The Balaban J connectivity index is 1.73. The molecule has 1 aliphatic rings. The third kappa shape index (κ3) is 3.49. The minimum absolute atomic E-state index is 0.920. The van der Waals surface area contributed by atoms with Crippen molar-refractivity contribution in [3.8, 4) is 5.75 Å². The van der Waals surface area contributed by atoms with Gasteiger partial charge in [-0.1, -0.05) is 19.1 Å². The summed E-state index contributed by atoms with van der Waals surface area (Å²) in [6.45, 7) is 4.50. The maximum absolute atomic E-state index is 5.18. The maximum Gasteiger partial charge on any atom is 0.118 e. The summed E-state index contributed by atoms with van der Waals surface area (Å²) in [4.78, 5) is 0. The molecule has 0 saturated heterocycles. The highest BCUT2D eigenvalue weighted by atomic mass is 16.5. The van der Waals surface area contributed by atoms with Gasteiger partial charge in [-0.3, -0.25) is 0 Å². The Hall–Kier alpha value is -1.02. The zero-order valence-corrected chi connectivity index (χ0v) is 11.6. The van der Waals surface area contributed by atoms with Crippen LogP contribution in [0.3, 0.4) is 0 Å². The van der Waals surface area contributed by atoms with Crippen LogP contribution in [0, 0.1) is 11.8 Å². The zero-order valence-electron chi connectivity index (χ0n) is 11.6. The van der Waals surface area contributed by atoms with Crippen molar-refractivity contribution in [2.75, 3.05) is 20.2 Å². The van der Waals surface area contributed by atoms with Gasteiger partial charge in [-0.25, -0.2) is 0 Å². The van der Waals surface area contributed by atoms with Gasteiger partial charge >= 0.3 is 0 Å². The van der Waals surface area contributed by atoms with Gasteiger partial charge in [0.05, 0.1) is 7.11 Å². The van der Waals surface area contributed by atoms with Crippen molar-refractivity contribution in [1.82, 2.24) is 5.32 Å². The lowest BCUT2D eigenvalue weighted by atomic mass is 9.71. The smallest absolute Gasteiger partial charge is 0.118 e. The van der Waals surface area contributed by atoms with E-state index in [1.807, 2.05) is 0 Å². The Kier molecular flexibility index (Phi) is 5.06. The molecule has 1 aromatic rings. The first-order chi connectivity index (χ1) is 8.83. The van der Waals surface area contributed by atoms with Crippen LogP contribution in [0.2, 0.25) is 0 Å². The number of methoxy groups -OCH3 is 1. The molecule has 0 bridgehead atoms. The van der Waals surface area contributed by atoms with E-state index in [0.717, 1.165) is 24.1 Å². The van der Waals surface area contributed by atoms with Crippen molar-refractivity contribution >= 4 is 0 Å². The van der Waals surface area contributed by atoms with E-state index in [0.29, 0.717) is 0 Å². The molecule has 0 amide bonds. The van der Waals surface area contributed by atoms with E-state index in [4.69, 9.17) is 4.74 Å². The second-order valence-corrected chi connectivity index (χ2v) is 5.29. The molecule has 0 radical (unpaired) electrons. The quantitative estimate of drug-likeness (QED) is 0.798. The summed E-state index contributed by atoms with van der Waals surface area (Å²) in [5.74, 6) is 2.81. The van der Waals surface area contributed by atoms with Crippen LogP contribution in [0.1, 0.15) is 31.7 Å². The fourth-order valence-corrected chi connectivity index (χ4v) is 2.76. The highest BCUT2D eigenvalue weighted by Crippen LogP contribution is 2.37. The fourth-order valence-electron chi connectivity index (χ4n) is 2.76. The van der Waals surface area contributed by atoms with E-state index >= 15 is 0 Å². The van der Waals surface area contributed by atoms with Crippen molar-refractivity contribution in [1.29, 1.82) is 0 Å². The van der Waals surface area contributed by atoms with Crippen molar-refractivity contribution in [3.63, 3.8) is 0 Å². The normalized spacial score (nSPS) is 22.6. The topological polar surface area (TPSA) is 21.3 Å². The van der Waals surface area contributed by atoms with Gasteiger partial charge < -0.3 is 10.1 Å². The Bertz CT molecular complexity index is 347. The van der Waals surface area contributed by atoms with Gasteiger partial charge in [0.15, 0.2) is 0 Å². The van der Waals surface area contributed by atoms with Gasteiger partial charge in [-0.2, -0.15) is 0 Å². The van der Waals surface area contributed by atoms with Crippen LogP contribution in [-0.2, 0) is 6.42 Å². The molecule has 1 N–H and O–H groups in total. The van der Waals surface area contributed by atoms with Crippen molar-refractivity contribution in [3.05, 3.63) is 29.8 Å². The lowest BCUT2D eigenvalue weighted by molar-refractivity contribution is 0.161. The molecule has 2 nitrogen and oxygen atoms in total. The average Bonchev–Trinajstić information content (AvgIpc) is 2.39. The minimum atomic E-state index is 0.920. The van der Waals surface area contributed by atoms with E-state index in [1.54, 1.807) is 7.11 Å². The van der Waals surface area contributed by atoms with Gasteiger partial charge in [0.2, 0.25) is 0 Å². The summed E-state index contributed by atoms with van der Waals surface area (Å²) < 4.78 is 5.18. The Morgan fingerprint density at radius 2 is 1.89 bits per heavy atom. The van der Waals surface area contributed by atoms with E-state index in [1.165, 1.54) is 37.8 Å². The van der Waals surface area contributed by atoms with Gasteiger partial charge in [0, 0.05) is 0 Å². The predicted octanol–water partition coefficient (Wildman–Crippen LogP) is 3.26. The molecule has 2 heteroatoms. The van der Waals surface area contributed by atoms with Crippen LogP contribution >= 0.6 is 0 Å². The lowest BCUT2D eigenvalue weighted by Gasteiger charge is -2.37. The largest absolute Gasteiger partial charge is 0.497 e. The molecule has 2 atom stereocenters. The molecule has 1 saturated carbocycles. The van der Waals surface area contributed by atoms with Gasteiger partial charge in [-0.05, 0) is 68.3 Å². The Labute approximate surface area is 111 Å². The van der Waals surface area contributed by atoms with Gasteiger partial charge in [0.1, 0.15) is 5.75 Å². The minimum Gasteiger partial charge on any atom is -0.497 e. The number of rotatable bonds is 7. The number of aryl methyl sites for hydroxylation is 1. The zero-order chi connectivity index (χ0) is 12.8. The summed E-state index contributed by atoms with van der Waals surface area (Å²) in [5, 5.41) is 3.48. The molecular weight excluding hydrogens is 222 g/mol. The first-order valence-electron chi connectivity index (χ1n) is 7.17. The average molecular weight is 247 g/mol. The molecule has 2 unspecified atom stereocenters. The first-order valence-corrected chi connectivity index (χ1v) is 7.17. The van der Waals surface area contributed by atoms with Crippen molar-refractivity contribution < 1.29 is 4.74 Å². The SMILES string of the molecule is CCNCC1CCC1CCc1ccc(OC)cc1. The monoisotopic (exact) mass is 247 g/mol. The molecule has 1 aromatic carbocycles. The van der Waals surface area contributed by atoms with Crippen LogP contribution in [0.4, 0.5) is 0 Å². The molecule has 0 heterocycles. The molecule has 18 heavy (non-hydrogen) atoms. The summed E-state index contributed by atoms with van der Waals surface area (Å²) in [6, 6.07) is 8.51. The van der Waals surface area contributed by atoms with E-state index < -0.39 is 0 Å². The molecule has 0 spiro atoms. The number of hydrogen-bond donors (Lipinski definition) is 1. The number of nitrogens with one attached hydrogen (secondary N) is 1. The predicted molar refractivity (Wildman–Crippen MR) is 76.1 cm³/mol. The standard InChI is InChI=1S/C16H25NO/c1-3-17-12-15-9-8-14(15)7-4-13-5-10-16(18-2)11-6-13/h5-6,10-11,14-15,17H,3-4,7-9,12H2,1-2H3. The molecule has 1 fully saturated rings. The summed E-state index contributed by atoms with van der Waals surface area (Å²) in [5.41, 5.74) is 1.44. The van der Waals surface area contributed by atoms with Crippen LogP contribution < -0.4 is 10.1 Å². The second kappa shape index (κ2) is 6.79. The number of ether oxygens (including phenoxy) is 1. The molecular formula is C16H25NO. The van der Waals surface area contributed by atoms with Crippen LogP contribution in [0.15, 0.2) is 24.3 Å². The van der Waals surface area contributed by atoms with Crippen LogP contribution in [-0.4, -0.2) is 20.2 Å². The highest BCUT2D eigenvalue weighted by molar-refractivity contribution is 5.27. The maximum atomic E-state index is 5.18. The summed E-state index contributed by atoms with van der Waals surface area (Å²) in [6.07, 6.45) is 5.38. The van der Waals surface area contributed by atoms with E-state index in [2.05, 4.69) is 36.5 Å². The third-order valence-electron chi connectivity index (χ3n) is 4.19. The number of hydrogen-bond acceptors (Lipinski definition) is 2. The second-order valence-electron chi connectivity index (χ2n) is 5.29. The van der Waals surface area contributed by atoms with Crippen LogP contribution in [0.5, 0.6) is 5.75 Å². The van der Waals surface area contributed by atoms with Crippen molar-refractivity contribution in [2.24, 2.45) is 11.8 Å². The van der Waals surface area contributed by atoms with Crippen LogP contribution in [0.25, 0.3) is 0 Å². The molecule has 0 aliphatic heterocycles. The Morgan fingerprint density at radius 1 is 1.17 bits per heavy atom.